The second-order valence-corrected chi connectivity index (χ2v) is 8.03. The van der Waals surface area contributed by atoms with Crippen molar-refractivity contribution in [3.8, 4) is 34.7 Å². The lowest BCUT2D eigenvalue weighted by Crippen LogP contribution is -2.03. The standard InChI is InChI=1S/C20H17FN4O5S/c1-10-7-8-14(31(26,27)28)12(9-10)17-15(11-5-4-6-13(21)16(11)22-17)18-23-19(29-2)25-20(24-18)30-3/h4-9,22H,1-3H3,(H,26,27,28). The predicted molar refractivity (Wildman–Crippen MR) is 110 cm³/mol. The summed E-state index contributed by atoms with van der Waals surface area (Å²) in [6.07, 6.45) is 0. The smallest absolute Gasteiger partial charge is 0.322 e. The molecule has 11 heteroatoms. The van der Waals surface area contributed by atoms with E-state index in [2.05, 4.69) is 19.9 Å². The number of nitrogens with zero attached hydrogens (tertiary/aromatic N) is 3. The van der Waals surface area contributed by atoms with Gasteiger partial charge in [-0.15, -0.1) is 4.98 Å². The van der Waals surface area contributed by atoms with E-state index in [0.29, 0.717) is 10.9 Å². The van der Waals surface area contributed by atoms with Crippen molar-refractivity contribution in [1.29, 1.82) is 0 Å². The Balaban J connectivity index is 2.16. The lowest BCUT2D eigenvalue weighted by molar-refractivity contribution is 0.341. The normalized spacial score (nSPS) is 11.6. The zero-order valence-electron chi connectivity index (χ0n) is 16.7. The van der Waals surface area contributed by atoms with Gasteiger partial charge in [0.1, 0.15) is 10.7 Å². The molecule has 0 amide bonds. The Labute approximate surface area is 176 Å². The highest BCUT2D eigenvalue weighted by atomic mass is 32.2. The third-order valence-corrected chi connectivity index (χ3v) is 5.56. The molecule has 2 aromatic carbocycles. The Morgan fingerprint density at radius 1 is 1.03 bits per heavy atom. The van der Waals surface area contributed by atoms with Crippen LogP contribution in [0, 0.1) is 12.7 Å². The van der Waals surface area contributed by atoms with Crippen LogP contribution in [-0.4, -0.2) is 47.1 Å². The maximum Gasteiger partial charge on any atom is 0.322 e. The highest BCUT2D eigenvalue weighted by Gasteiger charge is 2.25. The Hall–Kier alpha value is -3.57. The fourth-order valence-corrected chi connectivity index (χ4v) is 3.99. The molecule has 0 saturated carbocycles. The Bertz CT molecular complexity index is 1400. The van der Waals surface area contributed by atoms with Crippen LogP contribution in [0.2, 0.25) is 0 Å². The summed E-state index contributed by atoms with van der Waals surface area (Å²) in [4.78, 5) is 15.0. The summed E-state index contributed by atoms with van der Waals surface area (Å²) >= 11 is 0. The van der Waals surface area contributed by atoms with Gasteiger partial charge in [0.15, 0.2) is 5.82 Å². The number of methoxy groups -OCH3 is 2. The Kier molecular flexibility index (Phi) is 5.07. The van der Waals surface area contributed by atoms with Gasteiger partial charge in [-0.2, -0.15) is 18.4 Å². The van der Waals surface area contributed by atoms with Gasteiger partial charge in [-0.3, -0.25) is 4.55 Å². The van der Waals surface area contributed by atoms with Crippen molar-refractivity contribution >= 4 is 21.0 Å². The topological polar surface area (TPSA) is 127 Å². The SMILES string of the molecule is COc1nc(OC)nc(-c2c(-c3cc(C)ccc3S(=O)(=O)O)[nH]c3c(F)cccc23)n1. The molecule has 0 bridgehead atoms. The molecule has 2 heterocycles. The first-order valence-corrected chi connectivity index (χ1v) is 10.4. The molecule has 2 aromatic heterocycles. The summed E-state index contributed by atoms with van der Waals surface area (Å²) in [6.45, 7) is 1.76. The van der Waals surface area contributed by atoms with Gasteiger partial charge in [-0.05, 0) is 25.1 Å². The van der Waals surface area contributed by atoms with Crippen molar-refractivity contribution in [2.45, 2.75) is 11.8 Å². The van der Waals surface area contributed by atoms with Crippen molar-refractivity contribution in [3.05, 3.63) is 47.8 Å². The molecule has 2 N–H and O–H groups in total. The fraction of sp³-hybridized carbons (Fsp3) is 0.150. The maximum absolute atomic E-state index is 14.6. The van der Waals surface area contributed by atoms with Gasteiger partial charge in [0, 0.05) is 10.9 Å². The number of hydrogen-bond acceptors (Lipinski definition) is 7. The van der Waals surface area contributed by atoms with Gasteiger partial charge in [0.25, 0.3) is 10.1 Å². The van der Waals surface area contributed by atoms with Crippen LogP contribution in [-0.2, 0) is 10.1 Å². The van der Waals surface area contributed by atoms with E-state index in [9.17, 15) is 17.4 Å². The minimum absolute atomic E-state index is 0.0437. The molecule has 31 heavy (non-hydrogen) atoms. The van der Waals surface area contributed by atoms with Crippen LogP contribution in [0.15, 0.2) is 41.3 Å². The van der Waals surface area contributed by atoms with Crippen LogP contribution in [0.3, 0.4) is 0 Å². The molecule has 4 rings (SSSR count). The van der Waals surface area contributed by atoms with Gasteiger partial charge in [0.05, 0.1) is 31.0 Å². The van der Waals surface area contributed by atoms with Crippen molar-refractivity contribution in [2.24, 2.45) is 0 Å². The molecule has 0 aliphatic carbocycles. The number of H-pyrrole nitrogens is 1. The van der Waals surface area contributed by atoms with Crippen molar-refractivity contribution < 1.29 is 26.8 Å². The van der Waals surface area contributed by atoms with Crippen molar-refractivity contribution in [2.75, 3.05) is 14.2 Å². The molecule has 0 aliphatic rings. The van der Waals surface area contributed by atoms with Crippen LogP contribution in [0.25, 0.3) is 33.5 Å². The monoisotopic (exact) mass is 444 g/mol. The van der Waals surface area contributed by atoms with E-state index < -0.39 is 15.9 Å². The number of nitrogens with one attached hydrogen (secondary N) is 1. The third-order valence-electron chi connectivity index (χ3n) is 4.65. The molecule has 0 radical (unpaired) electrons. The molecule has 0 spiro atoms. The first-order chi connectivity index (χ1) is 14.7. The Morgan fingerprint density at radius 2 is 1.71 bits per heavy atom. The van der Waals surface area contributed by atoms with E-state index in [4.69, 9.17) is 9.47 Å². The number of rotatable bonds is 5. The summed E-state index contributed by atoms with van der Waals surface area (Å²) in [5, 5.41) is 0.396. The van der Waals surface area contributed by atoms with Gasteiger partial charge >= 0.3 is 12.0 Å². The predicted octanol–water partition coefficient (Wildman–Crippen LogP) is 3.40. The second kappa shape index (κ2) is 7.60. The largest absolute Gasteiger partial charge is 0.467 e. The number of benzene rings is 2. The van der Waals surface area contributed by atoms with Crippen LogP contribution in [0.4, 0.5) is 4.39 Å². The third kappa shape index (κ3) is 3.68. The summed E-state index contributed by atoms with van der Waals surface area (Å²) in [5.74, 6) is -0.489. The van der Waals surface area contributed by atoms with E-state index in [1.165, 1.54) is 32.4 Å². The molecule has 0 atom stereocenters. The number of aryl methyl sites for hydroxylation is 1. The highest BCUT2D eigenvalue weighted by molar-refractivity contribution is 7.86. The molecule has 0 aliphatic heterocycles. The lowest BCUT2D eigenvalue weighted by atomic mass is 10.0. The maximum atomic E-state index is 14.6. The zero-order chi connectivity index (χ0) is 22.3. The molecular weight excluding hydrogens is 427 g/mol. The first kappa shape index (κ1) is 20.7. The number of hydrogen-bond donors (Lipinski definition) is 2. The van der Waals surface area contributed by atoms with Gasteiger partial charge in [-0.1, -0.05) is 23.8 Å². The minimum atomic E-state index is -4.59. The van der Waals surface area contributed by atoms with E-state index >= 15 is 0 Å². The zero-order valence-corrected chi connectivity index (χ0v) is 17.5. The fourth-order valence-electron chi connectivity index (χ4n) is 3.31. The van der Waals surface area contributed by atoms with Gasteiger partial charge in [-0.25, -0.2) is 4.39 Å². The first-order valence-electron chi connectivity index (χ1n) is 8.96. The van der Waals surface area contributed by atoms with E-state index in [0.717, 1.165) is 5.56 Å². The quantitative estimate of drug-likeness (QED) is 0.449. The molecule has 0 saturated heterocycles. The van der Waals surface area contributed by atoms with E-state index in [-0.39, 0.29) is 39.5 Å². The van der Waals surface area contributed by atoms with Gasteiger partial charge < -0.3 is 14.5 Å². The van der Waals surface area contributed by atoms with E-state index in [1.807, 2.05) is 0 Å². The van der Waals surface area contributed by atoms with Crippen LogP contribution < -0.4 is 9.47 Å². The summed E-state index contributed by atoms with van der Waals surface area (Å²) < 4.78 is 58.7. The molecule has 9 nitrogen and oxygen atoms in total. The van der Waals surface area contributed by atoms with Crippen LogP contribution in [0.5, 0.6) is 12.0 Å². The Morgan fingerprint density at radius 3 is 2.32 bits per heavy atom. The van der Waals surface area contributed by atoms with E-state index in [1.54, 1.807) is 25.1 Å². The average Bonchev–Trinajstić information content (AvgIpc) is 3.13. The average molecular weight is 444 g/mol. The second-order valence-electron chi connectivity index (χ2n) is 6.64. The van der Waals surface area contributed by atoms with Crippen LogP contribution >= 0.6 is 0 Å². The number of aromatic nitrogens is 4. The molecule has 0 fully saturated rings. The molecule has 0 unspecified atom stereocenters. The minimum Gasteiger partial charge on any atom is -0.467 e. The number of fused-ring (bicyclic) bond motifs is 1. The van der Waals surface area contributed by atoms with Crippen LogP contribution in [0.1, 0.15) is 5.56 Å². The molecular formula is C20H17FN4O5S. The number of para-hydroxylation sites is 1. The highest BCUT2D eigenvalue weighted by Crippen LogP contribution is 2.40. The summed E-state index contributed by atoms with van der Waals surface area (Å²) in [6, 6.07) is 8.71. The van der Waals surface area contributed by atoms with Crippen molar-refractivity contribution in [1.82, 2.24) is 19.9 Å². The summed E-state index contributed by atoms with van der Waals surface area (Å²) in [5.41, 5.74) is 1.47. The number of halogens is 1. The summed E-state index contributed by atoms with van der Waals surface area (Å²) in [7, 11) is -1.85. The lowest BCUT2D eigenvalue weighted by Gasteiger charge is -2.10. The number of aromatic amines is 1. The van der Waals surface area contributed by atoms with Gasteiger partial charge in [0.2, 0.25) is 0 Å². The van der Waals surface area contributed by atoms with Crippen molar-refractivity contribution in [3.63, 3.8) is 0 Å². The molecule has 160 valence electrons. The molecule has 4 aromatic rings. The number of ether oxygens (including phenoxy) is 2.